The van der Waals surface area contributed by atoms with Gasteiger partial charge in [0.2, 0.25) is 0 Å². The van der Waals surface area contributed by atoms with Crippen molar-refractivity contribution in [1.29, 1.82) is 0 Å². The van der Waals surface area contributed by atoms with Crippen molar-refractivity contribution >= 4 is 12.2 Å². The smallest absolute Gasteiger partial charge is 1.00 e. The predicted molar refractivity (Wildman–Crippen MR) is 156 cm³/mol. The minimum absolute atomic E-state index is 0. The van der Waals surface area contributed by atoms with Crippen molar-refractivity contribution in [3.05, 3.63) is 160 Å². The van der Waals surface area contributed by atoms with Crippen molar-refractivity contribution in [2.75, 3.05) is 0 Å². The Labute approximate surface area is 253 Å². The molecule has 0 amide bonds. The molecule has 0 aromatic heterocycles. The van der Waals surface area contributed by atoms with Crippen molar-refractivity contribution in [1.82, 2.24) is 0 Å². The van der Waals surface area contributed by atoms with Gasteiger partial charge in [0.15, 0.2) is 0 Å². The van der Waals surface area contributed by atoms with Gasteiger partial charge in [-0.1, -0.05) is 95.1 Å². The Morgan fingerprint density at radius 3 is 1.44 bits per heavy atom. The van der Waals surface area contributed by atoms with Crippen molar-refractivity contribution < 1.29 is 44.3 Å². The van der Waals surface area contributed by atoms with Gasteiger partial charge >= 0.3 is 21.7 Å². The van der Waals surface area contributed by atoms with Crippen molar-refractivity contribution in [2.45, 2.75) is 25.9 Å². The van der Waals surface area contributed by atoms with Gasteiger partial charge in [-0.2, -0.15) is 18.2 Å². The van der Waals surface area contributed by atoms with Gasteiger partial charge in [-0.25, -0.2) is 12.1 Å². The van der Waals surface area contributed by atoms with Crippen molar-refractivity contribution in [3.63, 3.8) is 0 Å². The summed E-state index contributed by atoms with van der Waals surface area (Å²) in [6, 6.07) is 20.3. The van der Waals surface area contributed by atoms with Gasteiger partial charge in [0.1, 0.15) is 11.5 Å². The Morgan fingerprint density at radius 2 is 1.10 bits per heavy atom. The molecule has 6 heteroatoms. The standard InChI is InChI=1S/2C14H14NO.C5H5.ClH.Ti/c2*1-10-6-7-14(16)12(8-10)9-11-4-2-3-5-13(11)15;1-2-4-5-3-1;;/h2*2-9,13,15-16H,1H3;1-5H;1H;/q3*-1;;+4/p-1. The van der Waals surface area contributed by atoms with Crippen molar-refractivity contribution in [2.24, 2.45) is 0 Å². The zero-order chi connectivity index (χ0) is 26.6. The van der Waals surface area contributed by atoms with E-state index in [0.29, 0.717) is 0 Å². The molecule has 0 fully saturated rings. The summed E-state index contributed by atoms with van der Waals surface area (Å²) < 4.78 is 0. The van der Waals surface area contributed by atoms with Gasteiger partial charge in [0, 0.05) is 11.1 Å². The molecule has 2 aliphatic carbocycles. The molecule has 0 saturated carbocycles. The van der Waals surface area contributed by atoms with Crippen LogP contribution in [-0.4, -0.2) is 22.3 Å². The van der Waals surface area contributed by atoms with E-state index in [1.165, 1.54) is 0 Å². The van der Waals surface area contributed by atoms with Crippen LogP contribution in [-0.2, 0) is 21.7 Å². The zero-order valence-electron chi connectivity index (χ0n) is 22.1. The molecule has 4 N–H and O–H groups in total. The number of benzene rings is 2. The van der Waals surface area contributed by atoms with Crippen LogP contribution >= 0.6 is 0 Å². The molecule has 198 valence electrons. The fourth-order valence-electron chi connectivity index (χ4n) is 3.65. The molecule has 0 spiro atoms. The molecular weight excluding hydrogens is 540 g/mol. The first-order valence-electron chi connectivity index (χ1n) is 12.1. The fourth-order valence-corrected chi connectivity index (χ4v) is 3.65. The Kier molecular flexibility index (Phi) is 15.0. The number of allylic oxidation sites excluding steroid dienone is 4. The maximum Gasteiger partial charge on any atom is 4.00 e. The Hall–Kier alpha value is -3.25. The second kappa shape index (κ2) is 17.4. The van der Waals surface area contributed by atoms with Crippen LogP contribution in [0.2, 0.25) is 0 Å². The molecule has 0 saturated heterocycles. The number of aromatic hydroxyl groups is 2. The van der Waals surface area contributed by atoms with Crippen LogP contribution in [0.5, 0.6) is 11.5 Å². The number of hydrogen-bond acceptors (Lipinski definition) is 2. The predicted octanol–water partition coefficient (Wildman–Crippen LogP) is 5.67. The van der Waals surface area contributed by atoms with Crippen LogP contribution in [0.15, 0.2) is 126 Å². The Morgan fingerprint density at radius 1 is 0.692 bits per heavy atom. The third kappa shape index (κ3) is 11.2. The van der Waals surface area contributed by atoms with Gasteiger partial charge in [-0.05, 0) is 50.3 Å². The summed E-state index contributed by atoms with van der Waals surface area (Å²) in [5.41, 5.74) is 21.2. The fraction of sp³-hybridized carbons (Fsp3) is 0.121. The van der Waals surface area contributed by atoms with Crippen LogP contribution in [0.3, 0.4) is 0 Å². The summed E-state index contributed by atoms with van der Waals surface area (Å²) >= 11 is 0. The second-order valence-electron chi connectivity index (χ2n) is 8.82. The first kappa shape index (κ1) is 33.8. The maximum atomic E-state index is 9.70. The van der Waals surface area contributed by atoms with Gasteiger partial charge in [0.25, 0.3) is 0 Å². The normalized spacial score (nSPS) is 18.8. The molecule has 0 heterocycles. The molecule has 2 aliphatic rings. The molecular formula is C33H33ClN2O2Ti. The van der Waals surface area contributed by atoms with Crippen LogP contribution < -0.4 is 12.4 Å². The van der Waals surface area contributed by atoms with Gasteiger partial charge < -0.3 is 34.1 Å². The SMILES string of the molecule is Cc1ccc(O)c(C=C2C=CC=CC2[NH-])c1.Cc1ccc(O)c(C=C2C=CC=CC2[NH-])c1.[Cl-].[Ti+4].c1cc[cH-]c1. The van der Waals surface area contributed by atoms with Crippen LogP contribution in [0.25, 0.3) is 23.6 Å². The third-order valence-corrected chi connectivity index (χ3v) is 5.69. The molecule has 3 aromatic carbocycles. The number of aryl methyl sites for hydroxylation is 2. The summed E-state index contributed by atoms with van der Waals surface area (Å²) in [7, 11) is 0. The zero-order valence-corrected chi connectivity index (χ0v) is 24.4. The van der Waals surface area contributed by atoms with Crippen LogP contribution in [0.1, 0.15) is 22.3 Å². The van der Waals surface area contributed by atoms with E-state index in [-0.39, 0.29) is 57.7 Å². The molecule has 39 heavy (non-hydrogen) atoms. The van der Waals surface area contributed by atoms with E-state index in [9.17, 15) is 10.2 Å². The van der Waals surface area contributed by atoms with E-state index in [1.54, 1.807) is 12.1 Å². The first-order valence-corrected chi connectivity index (χ1v) is 12.1. The molecule has 2 unspecified atom stereocenters. The average Bonchev–Trinajstić information content (AvgIpc) is 3.47. The topological polar surface area (TPSA) is 88.1 Å². The number of phenols is 2. The number of hydrogen-bond donors (Lipinski definition) is 2. The summed E-state index contributed by atoms with van der Waals surface area (Å²) in [6.45, 7) is 3.96. The van der Waals surface area contributed by atoms with E-state index in [0.717, 1.165) is 33.4 Å². The minimum Gasteiger partial charge on any atom is -1.00 e. The van der Waals surface area contributed by atoms with Crippen LogP contribution in [0.4, 0.5) is 0 Å². The van der Waals surface area contributed by atoms with Gasteiger partial charge in [-0.15, -0.1) is 0 Å². The quantitative estimate of drug-likeness (QED) is 0.306. The first-order chi connectivity index (χ1) is 17.8. The average molecular weight is 573 g/mol. The molecule has 3 aromatic rings. The number of halogens is 1. The monoisotopic (exact) mass is 572 g/mol. The summed E-state index contributed by atoms with van der Waals surface area (Å²) in [5.74, 6) is 0.515. The summed E-state index contributed by atoms with van der Waals surface area (Å²) in [6.07, 6.45) is 18.7. The summed E-state index contributed by atoms with van der Waals surface area (Å²) in [4.78, 5) is 0. The number of phenolic OH excluding ortho intramolecular Hbond substituents is 2. The van der Waals surface area contributed by atoms with E-state index >= 15 is 0 Å². The molecule has 5 rings (SSSR count). The van der Waals surface area contributed by atoms with Crippen LogP contribution in [0, 0.1) is 13.8 Å². The van der Waals surface area contributed by atoms with Crippen molar-refractivity contribution in [3.8, 4) is 11.5 Å². The Balaban J connectivity index is 0.000000317. The largest absolute Gasteiger partial charge is 4.00 e. The van der Waals surface area contributed by atoms with Gasteiger partial charge in [-0.3, -0.25) is 0 Å². The van der Waals surface area contributed by atoms with Gasteiger partial charge in [0.05, 0.1) is 0 Å². The molecule has 0 radical (unpaired) electrons. The van der Waals surface area contributed by atoms with E-state index in [1.807, 2.05) is 129 Å². The maximum absolute atomic E-state index is 9.70. The molecule has 0 aliphatic heterocycles. The Bertz CT molecular complexity index is 1240. The van der Waals surface area contributed by atoms with E-state index in [2.05, 4.69) is 0 Å². The summed E-state index contributed by atoms with van der Waals surface area (Å²) in [5, 5.41) is 19.4. The minimum atomic E-state index is -0.343. The molecule has 4 nitrogen and oxygen atoms in total. The molecule has 0 bridgehead atoms. The second-order valence-corrected chi connectivity index (χ2v) is 8.82. The van der Waals surface area contributed by atoms with E-state index in [4.69, 9.17) is 11.5 Å². The number of rotatable bonds is 2. The van der Waals surface area contributed by atoms with E-state index < -0.39 is 0 Å². The third-order valence-electron chi connectivity index (χ3n) is 5.69. The molecule has 2 atom stereocenters. The number of nitrogens with one attached hydrogen (secondary N) is 2.